The molecule has 1 aliphatic rings. The van der Waals surface area contributed by atoms with E-state index in [9.17, 15) is 0 Å². The highest BCUT2D eigenvalue weighted by atomic mass is 32.2. The van der Waals surface area contributed by atoms with Crippen LogP contribution in [0.25, 0.3) is 0 Å². The second-order valence-electron chi connectivity index (χ2n) is 4.08. The molecule has 0 atom stereocenters. The maximum Gasteiger partial charge on any atom is 0.150 e. The quantitative estimate of drug-likeness (QED) is 0.788. The molecular weight excluding hydrogens is 212 g/mol. The van der Waals surface area contributed by atoms with Crippen molar-refractivity contribution in [2.45, 2.75) is 30.5 Å². The Labute approximate surface area is 93.3 Å². The number of hydrogen-bond acceptors (Lipinski definition) is 4. The van der Waals surface area contributed by atoms with E-state index in [-0.39, 0.29) is 0 Å². The molecule has 1 fully saturated rings. The minimum absolute atomic E-state index is 0.568. The van der Waals surface area contributed by atoms with Gasteiger partial charge in [-0.1, -0.05) is 11.8 Å². The van der Waals surface area contributed by atoms with Gasteiger partial charge >= 0.3 is 0 Å². The third kappa shape index (κ3) is 2.49. The molecule has 0 aromatic carbocycles. The second-order valence-corrected chi connectivity index (χ2v) is 6.16. The van der Waals surface area contributed by atoms with Crippen molar-refractivity contribution >= 4 is 23.1 Å². The SMILES string of the molecule is Cc1csc(SCC2(CCN)CC2)n1. The second kappa shape index (κ2) is 4.21. The average molecular weight is 228 g/mol. The third-order valence-corrected chi connectivity index (χ3v) is 5.22. The first kappa shape index (κ1) is 10.5. The van der Waals surface area contributed by atoms with Crippen LogP contribution in [-0.2, 0) is 0 Å². The topological polar surface area (TPSA) is 38.9 Å². The van der Waals surface area contributed by atoms with Crippen LogP contribution in [0.1, 0.15) is 25.0 Å². The summed E-state index contributed by atoms with van der Waals surface area (Å²) in [5.74, 6) is 1.21. The molecule has 1 aliphatic carbocycles. The van der Waals surface area contributed by atoms with Crippen LogP contribution in [0, 0.1) is 12.3 Å². The molecule has 1 aromatic rings. The van der Waals surface area contributed by atoms with E-state index in [2.05, 4.69) is 10.4 Å². The lowest BCUT2D eigenvalue weighted by atomic mass is 10.1. The van der Waals surface area contributed by atoms with Gasteiger partial charge in [0, 0.05) is 16.8 Å². The van der Waals surface area contributed by atoms with Gasteiger partial charge in [-0.25, -0.2) is 4.98 Å². The summed E-state index contributed by atoms with van der Waals surface area (Å²) in [4.78, 5) is 4.45. The molecule has 1 heterocycles. The Kier molecular flexibility index (Phi) is 3.14. The number of nitrogens with zero attached hydrogens (tertiary/aromatic N) is 1. The largest absolute Gasteiger partial charge is 0.330 e. The lowest BCUT2D eigenvalue weighted by Gasteiger charge is -2.11. The number of thiazole rings is 1. The summed E-state index contributed by atoms with van der Waals surface area (Å²) < 4.78 is 1.21. The van der Waals surface area contributed by atoms with Gasteiger partial charge in [-0.15, -0.1) is 11.3 Å². The molecule has 4 heteroatoms. The van der Waals surface area contributed by atoms with Crippen LogP contribution < -0.4 is 5.73 Å². The van der Waals surface area contributed by atoms with Crippen LogP contribution >= 0.6 is 23.1 Å². The summed E-state index contributed by atoms with van der Waals surface area (Å²) >= 11 is 3.66. The number of thioether (sulfide) groups is 1. The van der Waals surface area contributed by atoms with Crippen LogP contribution in [0.15, 0.2) is 9.72 Å². The molecule has 0 unspecified atom stereocenters. The first-order valence-electron chi connectivity index (χ1n) is 4.99. The van der Waals surface area contributed by atoms with Gasteiger partial charge in [0.15, 0.2) is 0 Å². The average Bonchev–Trinajstić information content (AvgIpc) is 2.80. The Morgan fingerprint density at radius 3 is 2.93 bits per heavy atom. The van der Waals surface area contributed by atoms with Gasteiger partial charge < -0.3 is 5.73 Å². The predicted molar refractivity (Wildman–Crippen MR) is 62.9 cm³/mol. The van der Waals surface area contributed by atoms with Gasteiger partial charge in [-0.05, 0) is 38.1 Å². The lowest BCUT2D eigenvalue weighted by molar-refractivity contribution is 0.537. The Hall–Kier alpha value is -0.0600. The number of hydrogen-bond donors (Lipinski definition) is 1. The van der Waals surface area contributed by atoms with Gasteiger partial charge in [0.1, 0.15) is 4.34 Å². The number of nitrogens with two attached hydrogens (primary N) is 1. The zero-order chi connectivity index (χ0) is 10.0. The first-order valence-corrected chi connectivity index (χ1v) is 6.86. The summed E-state index contributed by atoms with van der Waals surface area (Å²) in [7, 11) is 0. The van der Waals surface area contributed by atoms with Crippen molar-refractivity contribution < 1.29 is 0 Å². The van der Waals surface area contributed by atoms with Gasteiger partial charge in [0.25, 0.3) is 0 Å². The van der Waals surface area contributed by atoms with Crippen molar-refractivity contribution in [3.8, 4) is 0 Å². The van der Waals surface area contributed by atoms with Crippen LogP contribution in [0.5, 0.6) is 0 Å². The Bertz CT molecular complexity index is 305. The fraction of sp³-hybridized carbons (Fsp3) is 0.700. The predicted octanol–water partition coefficient (Wildman–Crippen LogP) is 2.67. The van der Waals surface area contributed by atoms with Crippen molar-refractivity contribution in [3.05, 3.63) is 11.1 Å². The van der Waals surface area contributed by atoms with E-state index in [1.165, 1.54) is 29.4 Å². The van der Waals surface area contributed by atoms with E-state index in [0.29, 0.717) is 5.41 Å². The number of aromatic nitrogens is 1. The normalized spacial score (nSPS) is 18.4. The monoisotopic (exact) mass is 228 g/mol. The minimum atomic E-state index is 0.568. The lowest BCUT2D eigenvalue weighted by Crippen LogP contribution is -2.11. The van der Waals surface area contributed by atoms with Gasteiger partial charge in [-0.2, -0.15) is 0 Å². The highest BCUT2D eigenvalue weighted by Gasteiger charge is 2.41. The van der Waals surface area contributed by atoms with Crippen LogP contribution in [0.4, 0.5) is 0 Å². The molecule has 1 aromatic heterocycles. The molecular formula is C10H16N2S2. The number of aryl methyl sites for hydroxylation is 1. The van der Waals surface area contributed by atoms with Crippen LogP contribution in [0.3, 0.4) is 0 Å². The smallest absolute Gasteiger partial charge is 0.150 e. The summed E-state index contributed by atoms with van der Waals surface area (Å²) in [6.45, 7) is 2.88. The molecule has 2 nitrogen and oxygen atoms in total. The highest BCUT2D eigenvalue weighted by Crippen LogP contribution is 2.51. The first-order chi connectivity index (χ1) is 6.74. The van der Waals surface area contributed by atoms with E-state index in [4.69, 9.17) is 5.73 Å². The number of rotatable bonds is 5. The van der Waals surface area contributed by atoms with E-state index >= 15 is 0 Å². The molecule has 1 saturated carbocycles. The molecule has 78 valence electrons. The van der Waals surface area contributed by atoms with Crippen molar-refractivity contribution in [2.75, 3.05) is 12.3 Å². The maximum atomic E-state index is 5.61. The summed E-state index contributed by atoms with van der Waals surface area (Å²) in [6, 6.07) is 0. The van der Waals surface area contributed by atoms with Crippen molar-refractivity contribution in [1.29, 1.82) is 0 Å². The van der Waals surface area contributed by atoms with E-state index in [1.54, 1.807) is 11.3 Å². The Morgan fingerprint density at radius 2 is 2.43 bits per heavy atom. The summed E-state index contributed by atoms with van der Waals surface area (Å²) in [5, 5.41) is 2.12. The fourth-order valence-corrected chi connectivity index (χ4v) is 3.75. The zero-order valence-corrected chi connectivity index (χ0v) is 10.1. The standard InChI is InChI=1S/C10H16N2S2/c1-8-6-13-9(12-8)14-7-10(2-3-10)4-5-11/h6H,2-5,7,11H2,1H3. The zero-order valence-electron chi connectivity index (χ0n) is 8.45. The molecule has 2 rings (SSSR count). The van der Waals surface area contributed by atoms with E-state index in [1.807, 2.05) is 18.7 Å². The van der Waals surface area contributed by atoms with Gasteiger partial charge in [0.05, 0.1) is 0 Å². The molecule has 2 N–H and O–H groups in total. The van der Waals surface area contributed by atoms with Crippen molar-refractivity contribution in [1.82, 2.24) is 4.98 Å². The van der Waals surface area contributed by atoms with E-state index in [0.717, 1.165) is 12.2 Å². The Balaban J connectivity index is 1.82. The highest BCUT2D eigenvalue weighted by molar-refractivity contribution is 8.01. The maximum absolute atomic E-state index is 5.61. The van der Waals surface area contributed by atoms with Crippen molar-refractivity contribution in [3.63, 3.8) is 0 Å². The summed E-state index contributed by atoms with van der Waals surface area (Å²) in [5.41, 5.74) is 7.31. The molecule has 14 heavy (non-hydrogen) atoms. The van der Waals surface area contributed by atoms with Crippen molar-refractivity contribution in [2.24, 2.45) is 11.1 Å². The van der Waals surface area contributed by atoms with Crippen LogP contribution in [0.2, 0.25) is 0 Å². The molecule has 0 saturated heterocycles. The minimum Gasteiger partial charge on any atom is -0.330 e. The fourth-order valence-electron chi connectivity index (χ4n) is 1.56. The molecule has 0 aliphatic heterocycles. The van der Waals surface area contributed by atoms with Gasteiger partial charge in [0.2, 0.25) is 0 Å². The summed E-state index contributed by atoms with van der Waals surface area (Å²) in [6.07, 6.45) is 3.91. The molecule has 0 spiro atoms. The van der Waals surface area contributed by atoms with E-state index < -0.39 is 0 Å². The Morgan fingerprint density at radius 1 is 1.64 bits per heavy atom. The third-order valence-electron chi connectivity index (χ3n) is 2.73. The van der Waals surface area contributed by atoms with Crippen LogP contribution in [-0.4, -0.2) is 17.3 Å². The molecule has 0 amide bonds. The van der Waals surface area contributed by atoms with Gasteiger partial charge in [-0.3, -0.25) is 0 Å². The molecule has 0 radical (unpaired) electrons. The molecule has 0 bridgehead atoms.